The van der Waals surface area contributed by atoms with E-state index in [1.165, 1.54) is 5.01 Å². The first-order chi connectivity index (χ1) is 21.1. The van der Waals surface area contributed by atoms with E-state index in [0.717, 1.165) is 39.0 Å². The molecule has 44 heavy (non-hydrogen) atoms. The number of nitrogens with two attached hydrogens (primary N) is 1. The topological polar surface area (TPSA) is 138 Å². The monoisotopic (exact) mass is 600 g/mol. The second-order valence-electron chi connectivity index (χ2n) is 12.6. The minimum atomic E-state index is -0.845. The van der Waals surface area contributed by atoms with E-state index in [2.05, 4.69) is 49.1 Å². The minimum Gasteiger partial charge on any atom is -0.464 e. The fourth-order valence-electron chi connectivity index (χ4n) is 6.29. The van der Waals surface area contributed by atoms with Crippen molar-refractivity contribution in [1.82, 2.24) is 25.0 Å². The first-order valence-corrected chi connectivity index (χ1v) is 15.1. The maximum atomic E-state index is 13.3. The first-order valence-electron chi connectivity index (χ1n) is 15.1. The molecular formula is C33H40N6O5. The number of carbonyl (C=O) groups excluding carboxylic acids is 2. The van der Waals surface area contributed by atoms with Gasteiger partial charge in [-0.2, -0.15) is 0 Å². The number of fused-ring (bicyclic) bond motifs is 6. The molecule has 0 saturated carbocycles. The van der Waals surface area contributed by atoms with Crippen LogP contribution in [-0.4, -0.2) is 63.8 Å². The lowest BCUT2D eigenvalue weighted by Gasteiger charge is -2.34. The molecular weight excluding hydrogens is 560 g/mol. The minimum absolute atomic E-state index is 0.199. The van der Waals surface area contributed by atoms with Crippen molar-refractivity contribution < 1.29 is 23.5 Å². The fourth-order valence-corrected chi connectivity index (χ4v) is 6.29. The number of cyclic esters (lactones) is 1. The molecule has 2 aliphatic rings. The molecule has 11 nitrogen and oxygen atoms in total. The third-order valence-electron chi connectivity index (χ3n) is 8.68. The number of pyridine rings is 1. The normalized spacial score (nSPS) is 21.6. The van der Waals surface area contributed by atoms with E-state index in [9.17, 15) is 9.59 Å². The van der Waals surface area contributed by atoms with Crippen LogP contribution in [0, 0.1) is 5.41 Å². The second kappa shape index (κ2) is 11.8. The highest BCUT2D eigenvalue weighted by Gasteiger charge is 2.34. The van der Waals surface area contributed by atoms with Crippen LogP contribution in [0.2, 0.25) is 0 Å². The summed E-state index contributed by atoms with van der Waals surface area (Å²) >= 11 is 0. The molecule has 6 bridgehead atoms. The van der Waals surface area contributed by atoms with E-state index >= 15 is 0 Å². The Morgan fingerprint density at radius 2 is 2.05 bits per heavy atom. The van der Waals surface area contributed by atoms with Crippen molar-refractivity contribution in [2.75, 3.05) is 20.3 Å². The van der Waals surface area contributed by atoms with Crippen molar-refractivity contribution in [2.45, 2.75) is 64.6 Å². The van der Waals surface area contributed by atoms with Gasteiger partial charge in [0.05, 0.1) is 35.8 Å². The standard InChI is InChI=1S/C33H40N6O5/c1-19(42-5)28-22(8-6-12-35-28)29-24-16-33(2,3)18-44-32(41)26-9-7-13-39(37-26)31(40)25(34)15-21-17-43-30(36-21)20-10-11-27(38(29)4)23(24)14-20/h6,8,10-12,14,17,19,25-26,37H,7,9,13,15-16,18,34H2,1-5H3/t19-,25-,26-/m0/s1. The molecule has 1 fully saturated rings. The lowest BCUT2D eigenvalue weighted by molar-refractivity contribution is -0.154. The number of oxazole rings is 1. The van der Waals surface area contributed by atoms with Crippen LogP contribution in [-0.2, 0) is 39.0 Å². The summed E-state index contributed by atoms with van der Waals surface area (Å²) in [6.07, 6.45) is 5.17. The number of carbonyl (C=O) groups is 2. The van der Waals surface area contributed by atoms with E-state index in [4.69, 9.17) is 29.6 Å². The number of aryl methyl sites for hydroxylation is 1. The number of esters is 1. The number of methoxy groups -OCH3 is 1. The van der Waals surface area contributed by atoms with Gasteiger partial charge in [-0.25, -0.2) is 10.4 Å². The summed E-state index contributed by atoms with van der Waals surface area (Å²) in [6.45, 7) is 6.84. The van der Waals surface area contributed by atoms with Crippen LogP contribution in [0.15, 0.2) is 47.2 Å². The van der Waals surface area contributed by atoms with Gasteiger partial charge in [-0.15, -0.1) is 0 Å². The van der Waals surface area contributed by atoms with E-state index in [-0.39, 0.29) is 31.0 Å². The van der Waals surface area contributed by atoms with Gasteiger partial charge in [-0.3, -0.25) is 19.6 Å². The summed E-state index contributed by atoms with van der Waals surface area (Å²) < 4.78 is 19.7. The Morgan fingerprint density at radius 1 is 1.23 bits per heavy atom. The zero-order valence-electron chi connectivity index (χ0n) is 25.9. The van der Waals surface area contributed by atoms with Crippen LogP contribution in [0.1, 0.15) is 56.7 Å². The molecule has 0 unspecified atom stereocenters. The third-order valence-corrected chi connectivity index (χ3v) is 8.68. The van der Waals surface area contributed by atoms with Gasteiger partial charge >= 0.3 is 5.97 Å². The van der Waals surface area contributed by atoms with Gasteiger partial charge in [-0.05, 0) is 62.1 Å². The zero-order valence-corrected chi connectivity index (χ0v) is 25.9. The van der Waals surface area contributed by atoms with Gasteiger partial charge in [0, 0.05) is 60.8 Å². The van der Waals surface area contributed by atoms with Gasteiger partial charge in [0.2, 0.25) is 5.89 Å². The van der Waals surface area contributed by atoms with E-state index in [1.807, 2.05) is 19.1 Å². The molecule has 3 N–H and O–H groups in total. The molecule has 1 saturated heterocycles. The summed E-state index contributed by atoms with van der Waals surface area (Å²) in [5, 5.41) is 2.48. The summed E-state index contributed by atoms with van der Waals surface area (Å²) in [7, 11) is 3.74. The number of hydrazine groups is 1. The maximum Gasteiger partial charge on any atom is 0.324 e. The summed E-state index contributed by atoms with van der Waals surface area (Å²) in [6, 6.07) is 8.69. The molecule has 0 spiro atoms. The Bertz CT molecular complexity index is 1710. The number of hydrogen-bond donors (Lipinski definition) is 2. The van der Waals surface area contributed by atoms with Crippen LogP contribution in [0.4, 0.5) is 0 Å². The number of aromatic nitrogens is 3. The van der Waals surface area contributed by atoms with Crippen molar-refractivity contribution in [3.05, 3.63) is 59.7 Å². The number of rotatable bonds is 3. The summed E-state index contributed by atoms with van der Waals surface area (Å²) in [5.41, 5.74) is 15.3. The number of benzene rings is 1. The Kier molecular flexibility index (Phi) is 8.04. The van der Waals surface area contributed by atoms with Gasteiger partial charge < -0.3 is 24.2 Å². The number of ether oxygens (including phenoxy) is 2. The fraction of sp³-hybridized carbons (Fsp3) is 0.455. The lowest BCUT2D eigenvalue weighted by atomic mass is 9.84. The zero-order chi connectivity index (χ0) is 31.2. The molecule has 11 heteroatoms. The molecule has 3 aromatic heterocycles. The van der Waals surface area contributed by atoms with Gasteiger partial charge in [0.15, 0.2) is 0 Å². The van der Waals surface area contributed by atoms with Crippen molar-refractivity contribution in [1.29, 1.82) is 0 Å². The van der Waals surface area contributed by atoms with Crippen LogP contribution in [0.25, 0.3) is 33.6 Å². The van der Waals surface area contributed by atoms with Gasteiger partial charge in [-0.1, -0.05) is 13.8 Å². The molecule has 0 aliphatic carbocycles. The van der Waals surface area contributed by atoms with E-state index in [1.54, 1.807) is 19.6 Å². The smallest absolute Gasteiger partial charge is 0.324 e. The van der Waals surface area contributed by atoms with Crippen LogP contribution in [0.3, 0.4) is 0 Å². The Labute approximate surface area is 256 Å². The SMILES string of the molecule is CO[C@@H](C)c1ncccc1-c1c2c3cc(ccc3n1C)-c1nc(co1)C[C@H](N)C(=O)N1CCC[C@H](N1)C(=O)OCC(C)(C)C2. The Hall–Kier alpha value is -4.06. The first kappa shape index (κ1) is 30.0. The average molecular weight is 601 g/mol. The van der Waals surface area contributed by atoms with Crippen molar-refractivity contribution in [2.24, 2.45) is 18.2 Å². The van der Waals surface area contributed by atoms with Gasteiger partial charge in [0.1, 0.15) is 12.3 Å². The van der Waals surface area contributed by atoms with Crippen molar-refractivity contribution in [3.63, 3.8) is 0 Å². The molecule has 0 radical (unpaired) electrons. The molecule has 6 rings (SSSR count). The third kappa shape index (κ3) is 5.62. The van der Waals surface area contributed by atoms with Crippen LogP contribution >= 0.6 is 0 Å². The largest absolute Gasteiger partial charge is 0.464 e. The molecule has 3 atom stereocenters. The molecule has 1 aromatic carbocycles. The Balaban J connectivity index is 1.51. The quantitative estimate of drug-likeness (QED) is 0.333. The maximum absolute atomic E-state index is 13.3. The van der Waals surface area contributed by atoms with Crippen molar-refractivity contribution in [3.8, 4) is 22.7 Å². The van der Waals surface area contributed by atoms with Crippen LogP contribution in [0.5, 0.6) is 0 Å². The number of nitrogens with one attached hydrogen (secondary N) is 1. The second-order valence-corrected chi connectivity index (χ2v) is 12.6. The highest BCUT2D eigenvalue weighted by atomic mass is 16.5. The predicted molar refractivity (Wildman–Crippen MR) is 165 cm³/mol. The van der Waals surface area contributed by atoms with Crippen molar-refractivity contribution >= 4 is 22.8 Å². The molecule has 232 valence electrons. The van der Waals surface area contributed by atoms with Crippen LogP contribution < -0.4 is 11.2 Å². The Morgan fingerprint density at radius 3 is 2.84 bits per heavy atom. The average Bonchev–Trinajstić information content (AvgIpc) is 3.60. The lowest BCUT2D eigenvalue weighted by Crippen LogP contribution is -2.59. The number of hydrogen-bond acceptors (Lipinski definition) is 9. The van der Waals surface area contributed by atoms with E-state index < -0.39 is 17.5 Å². The van der Waals surface area contributed by atoms with Gasteiger partial charge in [0.25, 0.3) is 5.91 Å². The predicted octanol–water partition coefficient (Wildman–Crippen LogP) is 4.09. The van der Waals surface area contributed by atoms with E-state index in [0.29, 0.717) is 37.4 Å². The highest BCUT2D eigenvalue weighted by molar-refractivity contribution is 5.94. The number of nitrogens with zero attached hydrogens (tertiary/aromatic N) is 4. The molecule has 1 amide bonds. The highest BCUT2D eigenvalue weighted by Crippen LogP contribution is 2.41. The molecule has 2 aliphatic heterocycles. The summed E-state index contributed by atoms with van der Waals surface area (Å²) in [5.74, 6) is -0.220. The number of amides is 1. The summed E-state index contributed by atoms with van der Waals surface area (Å²) in [4.78, 5) is 35.8. The molecule has 5 heterocycles. The molecule has 4 aromatic rings.